The molecule has 31 heavy (non-hydrogen) atoms. The first-order valence-electron chi connectivity index (χ1n) is 10.7. The van der Waals surface area contributed by atoms with Gasteiger partial charge in [0.1, 0.15) is 29.0 Å². The van der Waals surface area contributed by atoms with Crippen molar-refractivity contribution in [2.24, 2.45) is 5.73 Å². The van der Waals surface area contributed by atoms with E-state index in [0.717, 1.165) is 11.3 Å². The third-order valence-electron chi connectivity index (χ3n) is 3.83. The first kappa shape index (κ1) is 26.9. The lowest BCUT2D eigenvalue weighted by Gasteiger charge is -2.26. The van der Waals surface area contributed by atoms with Crippen LogP contribution in [0, 0.1) is 0 Å². The molecule has 0 radical (unpaired) electrons. The van der Waals surface area contributed by atoms with Crippen molar-refractivity contribution in [1.29, 1.82) is 0 Å². The van der Waals surface area contributed by atoms with Crippen LogP contribution in [0.15, 0.2) is 24.3 Å². The van der Waals surface area contributed by atoms with Crippen LogP contribution in [-0.4, -0.2) is 47.4 Å². The van der Waals surface area contributed by atoms with Gasteiger partial charge in [-0.1, -0.05) is 12.1 Å². The van der Waals surface area contributed by atoms with E-state index < -0.39 is 35.2 Å². The second kappa shape index (κ2) is 10.5. The Bertz CT molecular complexity index is 724. The van der Waals surface area contributed by atoms with Gasteiger partial charge in [-0.15, -0.1) is 0 Å². The van der Waals surface area contributed by atoms with E-state index in [-0.39, 0.29) is 18.6 Å². The molecule has 0 heterocycles. The monoisotopic (exact) mass is 436 g/mol. The zero-order chi connectivity index (χ0) is 24.0. The molecular weight excluding hydrogens is 396 g/mol. The molecule has 7 nitrogen and oxygen atoms in total. The van der Waals surface area contributed by atoms with Crippen LogP contribution in [0.3, 0.4) is 0 Å². The topological polar surface area (TPSA) is 99.9 Å². The van der Waals surface area contributed by atoms with E-state index in [1.807, 2.05) is 65.8 Å². The highest BCUT2D eigenvalue weighted by atomic mass is 16.6. The van der Waals surface area contributed by atoms with Crippen molar-refractivity contribution < 1.29 is 23.8 Å². The van der Waals surface area contributed by atoms with Crippen LogP contribution in [0.4, 0.5) is 0 Å². The van der Waals surface area contributed by atoms with E-state index in [1.54, 1.807) is 20.8 Å². The maximum absolute atomic E-state index is 12.8. The van der Waals surface area contributed by atoms with E-state index in [2.05, 4.69) is 5.32 Å². The summed E-state index contributed by atoms with van der Waals surface area (Å²) >= 11 is 0. The molecule has 7 heteroatoms. The van der Waals surface area contributed by atoms with Gasteiger partial charge in [-0.2, -0.15) is 0 Å². The van der Waals surface area contributed by atoms with Crippen molar-refractivity contribution in [1.82, 2.24) is 5.32 Å². The summed E-state index contributed by atoms with van der Waals surface area (Å²) in [5.74, 6) is -0.247. The highest BCUT2D eigenvalue weighted by molar-refractivity contribution is 5.87. The number of benzene rings is 1. The van der Waals surface area contributed by atoms with Crippen molar-refractivity contribution in [2.45, 2.75) is 97.6 Å². The summed E-state index contributed by atoms with van der Waals surface area (Å²) in [6, 6.07) is 5.66. The van der Waals surface area contributed by atoms with E-state index in [1.165, 1.54) is 0 Å². The molecule has 1 aromatic carbocycles. The zero-order valence-corrected chi connectivity index (χ0v) is 20.5. The minimum atomic E-state index is -0.897. The Morgan fingerprint density at radius 2 is 1.45 bits per heavy atom. The Hall–Kier alpha value is -2.12. The Kier molecular flexibility index (Phi) is 9.08. The lowest BCUT2D eigenvalue weighted by atomic mass is 10.0. The predicted octanol–water partition coefficient (Wildman–Crippen LogP) is 3.38. The van der Waals surface area contributed by atoms with E-state index >= 15 is 0 Å². The molecule has 0 aliphatic heterocycles. The zero-order valence-electron chi connectivity index (χ0n) is 20.5. The number of hydrogen-bond acceptors (Lipinski definition) is 6. The summed E-state index contributed by atoms with van der Waals surface area (Å²) in [4.78, 5) is 25.4. The average molecular weight is 437 g/mol. The van der Waals surface area contributed by atoms with E-state index in [4.69, 9.17) is 19.9 Å². The van der Waals surface area contributed by atoms with Crippen molar-refractivity contribution in [3.63, 3.8) is 0 Å². The highest BCUT2D eigenvalue weighted by Gasteiger charge is 2.29. The first-order valence-corrected chi connectivity index (χ1v) is 10.7. The largest absolute Gasteiger partial charge is 0.488 e. The third kappa shape index (κ3) is 11.7. The van der Waals surface area contributed by atoms with Crippen LogP contribution in [0.5, 0.6) is 5.75 Å². The summed E-state index contributed by atoms with van der Waals surface area (Å²) in [6.45, 7) is 17.0. The summed E-state index contributed by atoms with van der Waals surface area (Å²) in [6.07, 6.45) is 0.267. The minimum Gasteiger partial charge on any atom is -0.488 e. The van der Waals surface area contributed by atoms with Gasteiger partial charge in [0.05, 0.1) is 12.2 Å². The van der Waals surface area contributed by atoms with Gasteiger partial charge in [0.25, 0.3) is 0 Å². The van der Waals surface area contributed by atoms with Gasteiger partial charge in [0.15, 0.2) is 0 Å². The summed E-state index contributed by atoms with van der Waals surface area (Å²) in [5.41, 5.74) is 5.42. The molecule has 1 rings (SSSR count). The molecule has 0 bridgehead atoms. The molecule has 0 fully saturated rings. The molecule has 0 aliphatic rings. The fourth-order valence-corrected chi connectivity index (χ4v) is 2.54. The van der Waals surface area contributed by atoms with Crippen LogP contribution in [0.1, 0.15) is 67.9 Å². The second-order valence-electron chi connectivity index (χ2n) is 10.7. The molecule has 3 N–H and O–H groups in total. The molecule has 0 aliphatic carbocycles. The normalized spacial score (nSPS) is 14.5. The molecule has 0 spiro atoms. The summed E-state index contributed by atoms with van der Waals surface area (Å²) < 4.78 is 16.9. The van der Waals surface area contributed by atoms with Crippen LogP contribution < -0.4 is 15.8 Å². The Labute approximate surface area is 187 Å². The SMILES string of the molecule is CC(C)(C)OC[C@H](N)C(=O)N[C@@H](Cc1ccc(OC(C)(C)C)cc1)C(=O)OC(C)(C)C. The number of esters is 1. The quantitative estimate of drug-likeness (QED) is 0.606. The lowest BCUT2D eigenvalue weighted by molar-refractivity contribution is -0.158. The number of nitrogens with one attached hydrogen (secondary N) is 1. The first-order chi connectivity index (χ1) is 14.0. The van der Waals surface area contributed by atoms with Gasteiger partial charge in [-0.05, 0) is 80.0 Å². The van der Waals surface area contributed by atoms with E-state index in [0.29, 0.717) is 0 Å². The molecule has 1 aromatic rings. The molecule has 1 amide bonds. The van der Waals surface area contributed by atoms with E-state index in [9.17, 15) is 9.59 Å². The fourth-order valence-electron chi connectivity index (χ4n) is 2.54. The van der Waals surface area contributed by atoms with Gasteiger partial charge in [0, 0.05) is 6.42 Å². The van der Waals surface area contributed by atoms with Crippen molar-refractivity contribution in [3.05, 3.63) is 29.8 Å². The summed E-state index contributed by atoms with van der Waals surface area (Å²) in [7, 11) is 0. The minimum absolute atomic E-state index is 0.0508. The highest BCUT2D eigenvalue weighted by Crippen LogP contribution is 2.20. The molecule has 2 atom stereocenters. The maximum Gasteiger partial charge on any atom is 0.329 e. The van der Waals surface area contributed by atoms with Crippen LogP contribution in [-0.2, 0) is 25.5 Å². The van der Waals surface area contributed by atoms with Gasteiger partial charge >= 0.3 is 5.97 Å². The number of carbonyl (C=O) groups excluding carboxylic acids is 2. The third-order valence-corrected chi connectivity index (χ3v) is 3.83. The van der Waals surface area contributed by atoms with Crippen molar-refractivity contribution in [2.75, 3.05) is 6.61 Å². The standard InChI is InChI=1S/C24H40N2O5/c1-22(2,3)29-15-18(25)20(27)26-19(21(28)31-24(7,8)9)14-16-10-12-17(13-11-16)30-23(4,5)6/h10-13,18-19H,14-15,25H2,1-9H3,(H,26,27)/t18-,19-/m0/s1. The van der Waals surface area contributed by atoms with Crippen molar-refractivity contribution >= 4 is 11.9 Å². The number of rotatable bonds is 8. The van der Waals surface area contributed by atoms with Crippen LogP contribution in [0.2, 0.25) is 0 Å². The molecule has 0 saturated carbocycles. The predicted molar refractivity (Wildman–Crippen MR) is 122 cm³/mol. The molecular formula is C24H40N2O5. The van der Waals surface area contributed by atoms with Gasteiger partial charge in [-0.25, -0.2) is 4.79 Å². The van der Waals surface area contributed by atoms with Crippen LogP contribution in [0.25, 0.3) is 0 Å². The number of ether oxygens (including phenoxy) is 3. The smallest absolute Gasteiger partial charge is 0.329 e. The fraction of sp³-hybridized carbons (Fsp3) is 0.667. The molecule has 0 aromatic heterocycles. The number of amides is 1. The Morgan fingerprint density at radius 1 is 0.903 bits per heavy atom. The maximum atomic E-state index is 12.8. The number of nitrogens with two attached hydrogens (primary N) is 1. The average Bonchev–Trinajstić information content (AvgIpc) is 2.57. The second-order valence-corrected chi connectivity index (χ2v) is 10.7. The Balaban J connectivity index is 2.91. The van der Waals surface area contributed by atoms with Crippen LogP contribution >= 0.6 is 0 Å². The van der Waals surface area contributed by atoms with Crippen molar-refractivity contribution in [3.8, 4) is 5.75 Å². The molecule has 176 valence electrons. The summed E-state index contributed by atoms with van der Waals surface area (Å²) in [5, 5.41) is 2.73. The van der Waals surface area contributed by atoms with Gasteiger partial charge in [-0.3, -0.25) is 4.79 Å². The number of hydrogen-bond donors (Lipinski definition) is 2. The Morgan fingerprint density at radius 3 is 1.90 bits per heavy atom. The number of carbonyl (C=O) groups is 2. The van der Waals surface area contributed by atoms with Gasteiger partial charge in [0.2, 0.25) is 5.91 Å². The molecule has 0 unspecified atom stereocenters. The molecule has 0 saturated heterocycles. The van der Waals surface area contributed by atoms with Gasteiger partial charge < -0.3 is 25.3 Å². The lowest BCUT2D eigenvalue weighted by Crippen LogP contribution is -2.52.